The molecule has 1 atom stereocenters. The minimum Gasteiger partial charge on any atom is -0.369 e. The first-order valence-electron chi connectivity index (χ1n) is 4.95. The number of carbonyl (C=O) groups is 1. The predicted molar refractivity (Wildman–Crippen MR) is 63.4 cm³/mol. The first kappa shape index (κ1) is 13.6. The van der Waals surface area contributed by atoms with E-state index in [-0.39, 0.29) is 17.5 Å². The van der Waals surface area contributed by atoms with E-state index in [1.165, 1.54) is 12.1 Å². The summed E-state index contributed by atoms with van der Waals surface area (Å²) in [4.78, 5) is 10.6. The number of primary amides is 1. The number of primary sulfonamides is 1. The van der Waals surface area contributed by atoms with Gasteiger partial charge in [0.15, 0.2) is 0 Å². The lowest BCUT2D eigenvalue weighted by Gasteiger charge is -2.13. The summed E-state index contributed by atoms with van der Waals surface area (Å²) in [6, 6.07) is 6.03. The number of hydrogen-bond acceptors (Lipinski definition) is 4. The summed E-state index contributed by atoms with van der Waals surface area (Å²) in [5.74, 6) is -0.473. The van der Waals surface area contributed by atoms with Crippen LogP contribution >= 0.6 is 0 Å². The maximum atomic E-state index is 11.2. The Labute approximate surface area is 100 Å². The Balaban J connectivity index is 2.88. The number of rotatable bonds is 5. The minimum absolute atomic E-state index is 0.0285. The third kappa shape index (κ3) is 4.14. The molecule has 0 saturated heterocycles. The van der Waals surface area contributed by atoms with Gasteiger partial charge in [-0.2, -0.15) is 0 Å². The molecule has 0 bridgehead atoms. The molecule has 0 saturated carbocycles. The Hall–Kier alpha value is -1.44. The molecule has 1 aromatic rings. The van der Waals surface area contributed by atoms with Gasteiger partial charge in [-0.3, -0.25) is 4.79 Å². The molecule has 0 heterocycles. The molecule has 1 aromatic carbocycles. The summed E-state index contributed by atoms with van der Waals surface area (Å²) < 4.78 is 22.3. The Morgan fingerprint density at radius 1 is 1.47 bits per heavy atom. The van der Waals surface area contributed by atoms with Gasteiger partial charge in [-0.1, -0.05) is 12.1 Å². The van der Waals surface area contributed by atoms with Gasteiger partial charge in [-0.25, -0.2) is 13.6 Å². The zero-order chi connectivity index (χ0) is 13.1. The molecule has 1 rings (SSSR count). The van der Waals surface area contributed by atoms with Crippen LogP contribution in [0.4, 0.5) is 0 Å². The third-order valence-electron chi connectivity index (χ3n) is 2.27. The average molecular weight is 257 g/mol. The Morgan fingerprint density at radius 2 is 2.12 bits per heavy atom. The Kier molecular flexibility index (Phi) is 4.22. The van der Waals surface area contributed by atoms with Gasteiger partial charge in [0.05, 0.1) is 11.4 Å². The number of sulfonamides is 1. The van der Waals surface area contributed by atoms with E-state index in [4.69, 9.17) is 10.9 Å². The van der Waals surface area contributed by atoms with Crippen LogP contribution in [0.5, 0.6) is 0 Å². The van der Waals surface area contributed by atoms with E-state index < -0.39 is 15.9 Å². The molecule has 0 spiro atoms. The first-order valence-corrected chi connectivity index (χ1v) is 6.50. The van der Waals surface area contributed by atoms with Crippen molar-refractivity contribution < 1.29 is 13.2 Å². The monoisotopic (exact) mass is 257 g/mol. The number of nitrogens with two attached hydrogens (primary N) is 2. The second kappa shape index (κ2) is 5.26. The largest absolute Gasteiger partial charge is 0.369 e. The zero-order valence-electron chi connectivity index (χ0n) is 9.38. The van der Waals surface area contributed by atoms with Gasteiger partial charge in [0.25, 0.3) is 0 Å². The smallest absolute Gasteiger partial charge is 0.238 e. The van der Waals surface area contributed by atoms with Crippen LogP contribution in [0.2, 0.25) is 0 Å². The fourth-order valence-corrected chi connectivity index (χ4v) is 1.90. The van der Waals surface area contributed by atoms with Crippen molar-refractivity contribution in [3.8, 4) is 0 Å². The molecular weight excluding hydrogens is 242 g/mol. The SMILES string of the molecule is CC(NCC(N)=O)c1cccc(S(N)(=O)=O)c1. The highest BCUT2D eigenvalue weighted by atomic mass is 32.2. The van der Waals surface area contributed by atoms with E-state index in [2.05, 4.69) is 5.32 Å². The molecule has 0 fully saturated rings. The van der Waals surface area contributed by atoms with Crippen molar-refractivity contribution in [3.05, 3.63) is 29.8 Å². The van der Waals surface area contributed by atoms with Crippen molar-refractivity contribution in [2.24, 2.45) is 10.9 Å². The lowest BCUT2D eigenvalue weighted by atomic mass is 10.1. The van der Waals surface area contributed by atoms with E-state index in [0.29, 0.717) is 0 Å². The van der Waals surface area contributed by atoms with Crippen LogP contribution in [0.25, 0.3) is 0 Å². The third-order valence-corrected chi connectivity index (χ3v) is 3.18. The topological polar surface area (TPSA) is 115 Å². The molecule has 7 heteroatoms. The van der Waals surface area contributed by atoms with Crippen molar-refractivity contribution in [2.75, 3.05) is 6.54 Å². The molecule has 6 nitrogen and oxygen atoms in total. The molecule has 0 aliphatic rings. The zero-order valence-corrected chi connectivity index (χ0v) is 10.2. The number of nitrogens with one attached hydrogen (secondary N) is 1. The summed E-state index contributed by atoms with van der Waals surface area (Å²) in [5.41, 5.74) is 5.72. The van der Waals surface area contributed by atoms with E-state index >= 15 is 0 Å². The van der Waals surface area contributed by atoms with Gasteiger partial charge >= 0.3 is 0 Å². The van der Waals surface area contributed by atoms with Crippen LogP contribution in [0.1, 0.15) is 18.5 Å². The van der Waals surface area contributed by atoms with Gasteiger partial charge in [0.2, 0.25) is 15.9 Å². The van der Waals surface area contributed by atoms with Crippen molar-refractivity contribution >= 4 is 15.9 Å². The second-order valence-corrected chi connectivity index (χ2v) is 5.25. The lowest BCUT2D eigenvalue weighted by molar-refractivity contribution is -0.117. The standard InChI is InChI=1S/C10H15N3O3S/c1-7(13-6-10(11)14)8-3-2-4-9(5-8)17(12,15)16/h2-5,7,13H,6H2,1H3,(H2,11,14)(H2,12,15,16). The van der Waals surface area contributed by atoms with Crippen LogP contribution in [-0.2, 0) is 14.8 Å². The van der Waals surface area contributed by atoms with Crippen LogP contribution in [0.3, 0.4) is 0 Å². The molecule has 0 aromatic heterocycles. The maximum absolute atomic E-state index is 11.2. The van der Waals surface area contributed by atoms with Gasteiger partial charge < -0.3 is 11.1 Å². The summed E-state index contributed by atoms with van der Waals surface area (Å²) in [6.45, 7) is 1.83. The highest BCUT2D eigenvalue weighted by molar-refractivity contribution is 7.89. The van der Waals surface area contributed by atoms with E-state index in [1.807, 2.05) is 0 Å². The summed E-state index contributed by atoms with van der Waals surface area (Å²) in [6.07, 6.45) is 0. The Bertz CT molecular complexity index is 513. The van der Waals surface area contributed by atoms with Crippen molar-refractivity contribution in [1.29, 1.82) is 0 Å². The molecule has 0 radical (unpaired) electrons. The van der Waals surface area contributed by atoms with Crippen LogP contribution < -0.4 is 16.2 Å². The van der Waals surface area contributed by atoms with Gasteiger partial charge in [-0.15, -0.1) is 0 Å². The number of amides is 1. The number of benzene rings is 1. The average Bonchev–Trinajstić information content (AvgIpc) is 2.25. The predicted octanol–water partition coefficient (Wildman–Crippen LogP) is -0.530. The first-order chi connectivity index (χ1) is 7.80. The highest BCUT2D eigenvalue weighted by Gasteiger charge is 2.11. The Morgan fingerprint density at radius 3 is 2.65 bits per heavy atom. The highest BCUT2D eigenvalue weighted by Crippen LogP contribution is 2.16. The molecule has 5 N–H and O–H groups in total. The van der Waals surface area contributed by atoms with Gasteiger partial charge in [0, 0.05) is 6.04 Å². The number of carbonyl (C=O) groups excluding carboxylic acids is 1. The van der Waals surface area contributed by atoms with Crippen molar-refractivity contribution in [3.63, 3.8) is 0 Å². The van der Waals surface area contributed by atoms with Gasteiger partial charge in [0.1, 0.15) is 0 Å². The quantitative estimate of drug-likeness (QED) is 0.657. The van der Waals surface area contributed by atoms with Gasteiger partial charge in [-0.05, 0) is 24.6 Å². The molecule has 17 heavy (non-hydrogen) atoms. The van der Waals surface area contributed by atoms with Crippen LogP contribution in [0, 0.1) is 0 Å². The molecule has 0 aliphatic carbocycles. The van der Waals surface area contributed by atoms with E-state index in [1.54, 1.807) is 19.1 Å². The number of hydrogen-bond donors (Lipinski definition) is 3. The van der Waals surface area contributed by atoms with E-state index in [9.17, 15) is 13.2 Å². The van der Waals surface area contributed by atoms with Crippen molar-refractivity contribution in [1.82, 2.24) is 5.32 Å². The summed E-state index contributed by atoms with van der Waals surface area (Å²) >= 11 is 0. The molecule has 1 amide bonds. The second-order valence-electron chi connectivity index (χ2n) is 3.69. The van der Waals surface area contributed by atoms with Crippen LogP contribution in [0.15, 0.2) is 29.2 Å². The summed E-state index contributed by atoms with van der Waals surface area (Å²) in [5, 5.41) is 7.89. The minimum atomic E-state index is -3.71. The molecule has 0 aliphatic heterocycles. The van der Waals surface area contributed by atoms with E-state index in [0.717, 1.165) is 5.56 Å². The van der Waals surface area contributed by atoms with Crippen molar-refractivity contribution in [2.45, 2.75) is 17.9 Å². The lowest BCUT2D eigenvalue weighted by Crippen LogP contribution is -2.30. The molecule has 1 unspecified atom stereocenters. The normalized spacial score (nSPS) is 13.3. The fraction of sp³-hybridized carbons (Fsp3) is 0.300. The summed E-state index contributed by atoms with van der Waals surface area (Å²) in [7, 11) is -3.71. The van der Waals surface area contributed by atoms with Crippen LogP contribution in [-0.4, -0.2) is 20.9 Å². The molecular formula is C10H15N3O3S. The maximum Gasteiger partial charge on any atom is 0.238 e. The fourth-order valence-electron chi connectivity index (χ4n) is 1.33. The molecule has 94 valence electrons.